The first-order valence-electron chi connectivity index (χ1n) is 7.40. The minimum atomic E-state index is -0.609. The number of carbonyl (C=O) groups is 1. The van der Waals surface area contributed by atoms with Crippen LogP contribution < -0.4 is 15.8 Å². The highest BCUT2D eigenvalue weighted by molar-refractivity contribution is 6.11. The van der Waals surface area contributed by atoms with Gasteiger partial charge in [0.15, 0.2) is 5.82 Å². The fourth-order valence-corrected chi connectivity index (χ4v) is 1.77. The first-order valence-corrected chi connectivity index (χ1v) is 7.40. The van der Waals surface area contributed by atoms with Gasteiger partial charge in [-0.15, -0.1) is 0 Å². The summed E-state index contributed by atoms with van der Waals surface area (Å²) in [4.78, 5) is 24.2. The molecule has 0 saturated heterocycles. The number of carbonyl (C=O) groups excluding carboxylic acids is 1. The molecule has 0 aliphatic carbocycles. The average Bonchev–Trinajstić information content (AvgIpc) is 2.94. The van der Waals surface area contributed by atoms with Gasteiger partial charge < -0.3 is 15.8 Å². The Kier molecular flexibility index (Phi) is 5.77. The topological polar surface area (TPSA) is 131 Å². The normalized spacial score (nSPS) is 12.0. The predicted molar refractivity (Wildman–Crippen MR) is 91.8 cm³/mol. The molecule has 10 heteroatoms. The maximum Gasteiger partial charge on any atom is 0.263 e. The highest BCUT2D eigenvalue weighted by Crippen LogP contribution is 2.26. The first-order chi connectivity index (χ1) is 11.9. The molecule has 2 rings (SSSR count). The lowest BCUT2D eigenvalue weighted by Crippen LogP contribution is -2.16. The van der Waals surface area contributed by atoms with Crippen molar-refractivity contribution in [2.24, 2.45) is 4.99 Å². The molecule has 0 aromatic carbocycles. The highest BCUT2D eigenvalue weighted by atomic mass is 19.1. The number of rotatable bonds is 6. The van der Waals surface area contributed by atoms with Crippen LogP contribution in [-0.4, -0.2) is 38.4 Å². The summed E-state index contributed by atoms with van der Waals surface area (Å²) in [5, 5.41) is 8.82. The molecule has 0 aliphatic rings. The Morgan fingerprint density at radius 2 is 2.28 bits per heavy atom. The number of amides is 1. The maximum absolute atomic E-state index is 13.2. The first kappa shape index (κ1) is 18.0. The number of hydrogen-bond acceptors (Lipinski definition) is 7. The molecule has 0 aliphatic heterocycles. The number of nitrogen functional groups attached to an aromatic ring is 1. The van der Waals surface area contributed by atoms with Crippen LogP contribution in [0.1, 0.15) is 31.1 Å². The predicted octanol–water partition coefficient (Wildman–Crippen LogP) is 2.40. The van der Waals surface area contributed by atoms with Crippen molar-refractivity contribution in [3.63, 3.8) is 0 Å². The van der Waals surface area contributed by atoms with Gasteiger partial charge in [0.2, 0.25) is 5.88 Å². The van der Waals surface area contributed by atoms with Gasteiger partial charge in [-0.1, -0.05) is 6.08 Å². The van der Waals surface area contributed by atoms with Crippen molar-refractivity contribution in [3.8, 4) is 5.88 Å². The van der Waals surface area contributed by atoms with Gasteiger partial charge in [-0.25, -0.2) is 14.4 Å². The van der Waals surface area contributed by atoms with Crippen molar-refractivity contribution in [2.45, 2.75) is 26.9 Å². The van der Waals surface area contributed by atoms with E-state index >= 15 is 0 Å². The van der Waals surface area contributed by atoms with Crippen molar-refractivity contribution in [1.82, 2.24) is 20.2 Å². The van der Waals surface area contributed by atoms with Crippen LogP contribution in [0.25, 0.3) is 0 Å². The van der Waals surface area contributed by atoms with Crippen molar-refractivity contribution < 1.29 is 13.9 Å². The number of aromatic nitrogens is 4. The lowest BCUT2D eigenvalue weighted by atomic mass is 10.2. The van der Waals surface area contributed by atoms with Crippen LogP contribution in [0.4, 0.5) is 21.7 Å². The lowest BCUT2D eigenvalue weighted by molar-refractivity contribution is 0.102. The summed E-state index contributed by atoms with van der Waals surface area (Å²) >= 11 is 0. The number of hydrogen-bond donors (Lipinski definition) is 3. The zero-order chi connectivity index (χ0) is 18.4. The number of nitrogens with one attached hydrogen (secondary N) is 2. The minimum Gasteiger partial charge on any atom is -0.473 e. The third-order valence-electron chi connectivity index (χ3n) is 2.86. The Bertz CT molecular complexity index is 814. The summed E-state index contributed by atoms with van der Waals surface area (Å²) in [7, 11) is 0. The van der Waals surface area contributed by atoms with Crippen LogP contribution in [0, 0.1) is 0 Å². The van der Waals surface area contributed by atoms with Gasteiger partial charge in [0.25, 0.3) is 5.91 Å². The number of aliphatic imine (C=N–C) groups is 1. The van der Waals surface area contributed by atoms with Gasteiger partial charge in [0, 0.05) is 0 Å². The molecule has 0 bridgehead atoms. The van der Waals surface area contributed by atoms with Crippen molar-refractivity contribution in [3.05, 3.63) is 30.0 Å². The van der Waals surface area contributed by atoms with Crippen LogP contribution in [-0.2, 0) is 0 Å². The van der Waals surface area contributed by atoms with Gasteiger partial charge in [0.1, 0.15) is 29.2 Å². The quantitative estimate of drug-likeness (QED) is 0.688. The van der Waals surface area contributed by atoms with Crippen LogP contribution in [0.15, 0.2) is 29.4 Å². The molecular formula is C15H18FN7O2. The van der Waals surface area contributed by atoms with E-state index in [1.807, 2.05) is 13.8 Å². The molecule has 132 valence electrons. The van der Waals surface area contributed by atoms with Crippen LogP contribution >= 0.6 is 0 Å². The average molecular weight is 347 g/mol. The third kappa shape index (κ3) is 4.59. The summed E-state index contributed by atoms with van der Waals surface area (Å²) in [6.07, 6.45) is 4.70. The van der Waals surface area contributed by atoms with Gasteiger partial charge in [-0.3, -0.25) is 9.89 Å². The Hall–Kier alpha value is -3.30. The molecule has 2 aromatic rings. The molecule has 0 radical (unpaired) electrons. The number of anilines is 2. The SMILES string of the molecule is C/C=C(/F)C=Nc1n[nH]c(N)c1C(=O)Nc1cncnc1OC(C)C. The monoisotopic (exact) mass is 347 g/mol. The summed E-state index contributed by atoms with van der Waals surface area (Å²) in [5.74, 6) is -1.02. The zero-order valence-corrected chi connectivity index (χ0v) is 13.9. The smallest absolute Gasteiger partial charge is 0.263 e. The lowest BCUT2D eigenvalue weighted by Gasteiger charge is -2.12. The van der Waals surface area contributed by atoms with Crippen LogP contribution in [0.2, 0.25) is 0 Å². The van der Waals surface area contributed by atoms with Gasteiger partial charge in [-0.05, 0) is 20.8 Å². The van der Waals surface area contributed by atoms with Gasteiger partial charge >= 0.3 is 0 Å². The van der Waals surface area contributed by atoms with Gasteiger partial charge in [-0.2, -0.15) is 10.1 Å². The van der Waals surface area contributed by atoms with Crippen molar-refractivity contribution in [2.75, 3.05) is 11.1 Å². The highest BCUT2D eigenvalue weighted by Gasteiger charge is 2.20. The molecule has 2 aromatic heterocycles. The summed E-state index contributed by atoms with van der Waals surface area (Å²) in [6.45, 7) is 5.16. The van der Waals surface area contributed by atoms with Crippen molar-refractivity contribution in [1.29, 1.82) is 0 Å². The fraction of sp³-hybridized carbons (Fsp3) is 0.267. The van der Waals surface area contributed by atoms with Crippen LogP contribution in [0.3, 0.4) is 0 Å². The van der Waals surface area contributed by atoms with Crippen molar-refractivity contribution >= 4 is 29.4 Å². The molecule has 4 N–H and O–H groups in total. The third-order valence-corrected chi connectivity index (χ3v) is 2.86. The Morgan fingerprint density at radius 1 is 1.52 bits per heavy atom. The summed E-state index contributed by atoms with van der Waals surface area (Å²) in [5.41, 5.74) is 5.96. The second-order valence-electron chi connectivity index (χ2n) is 5.13. The molecule has 0 fully saturated rings. The van der Waals surface area contributed by atoms with E-state index < -0.39 is 11.7 Å². The molecule has 25 heavy (non-hydrogen) atoms. The van der Waals surface area contributed by atoms with E-state index in [1.165, 1.54) is 25.5 Å². The molecule has 0 spiro atoms. The number of nitrogens with two attached hydrogens (primary N) is 1. The van der Waals surface area contributed by atoms with Crippen LogP contribution in [0.5, 0.6) is 5.88 Å². The second kappa shape index (κ2) is 7.99. The van der Waals surface area contributed by atoms with E-state index in [-0.39, 0.29) is 34.9 Å². The van der Waals surface area contributed by atoms with E-state index in [9.17, 15) is 9.18 Å². The molecule has 0 saturated carbocycles. The standard InChI is InChI=1S/C15H18FN7O2/c1-4-9(16)5-19-13-11(12(17)22-23-13)14(24)21-10-6-18-7-20-15(10)25-8(2)3/h4-8H,1-3H3,(H,21,24)(H3,17,22,23)/b9-4+,19-5?. The molecule has 9 nitrogen and oxygen atoms in total. The fourth-order valence-electron chi connectivity index (χ4n) is 1.77. The van der Waals surface area contributed by atoms with Gasteiger partial charge in [0.05, 0.1) is 18.5 Å². The number of nitrogens with zero attached hydrogens (tertiary/aromatic N) is 4. The number of ether oxygens (including phenoxy) is 1. The number of aromatic amines is 1. The Morgan fingerprint density at radius 3 is 2.96 bits per heavy atom. The molecule has 1 amide bonds. The zero-order valence-electron chi connectivity index (χ0n) is 13.9. The molecular weight excluding hydrogens is 329 g/mol. The Labute approximate surface area is 143 Å². The largest absolute Gasteiger partial charge is 0.473 e. The number of H-pyrrole nitrogens is 1. The minimum absolute atomic E-state index is 0.00582. The maximum atomic E-state index is 13.2. The van der Waals surface area contributed by atoms with E-state index in [0.717, 1.165) is 6.21 Å². The summed E-state index contributed by atoms with van der Waals surface area (Å²) in [6, 6.07) is 0. The summed E-state index contributed by atoms with van der Waals surface area (Å²) < 4.78 is 18.7. The molecule has 0 unspecified atom stereocenters. The second-order valence-corrected chi connectivity index (χ2v) is 5.13. The van der Waals surface area contributed by atoms with E-state index in [4.69, 9.17) is 10.5 Å². The number of halogens is 1. The molecule has 2 heterocycles. The molecule has 0 atom stereocenters. The van der Waals surface area contributed by atoms with E-state index in [2.05, 4.69) is 30.5 Å². The van der Waals surface area contributed by atoms with E-state index in [1.54, 1.807) is 0 Å². The number of allylic oxidation sites excluding steroid dienone is 2. The Balaban J connectivity index is 2.28. The van der Waals surface area contributed by atoms with E-state index in [0.29, 0.717) is 0 Å².